The fourth-order valence-electron chi connectivity index (χ4n) is 3.28. The highest BCUT2D eigenvalue weighted by molar-refractivity contribution is 5.88. The van der Waals surface area contributed by atoms with Gasteiger partial charge in [-0.3, -0.25) is 9.59 Å². The molecule has 1 aliphatic carbocycles. The molecule has 5 heteroatoms. The molecule has 1 aliphatic heterocycles. The van der Waals surface area contributed by atoms with Crippen molar-refractivity contribution < 1.29 is 9.59 Å². The maximum absolute atomic E-state index is 12.6. The summed E-state index contributed by atoms with van der Waals surface area (Å²) in [5.74, 6) is -0.0969. The molecule has 5 nitrogen and oxygen atoms in total. The summed E-state index contributed by atoms with van der Waals surface area (Å²) in [6.45, 7) is 2.88. The fourth-order valence-corrected chi connectivity index (χ4v) is 3.28. The van der Waals surface area contributed by atoms with Crippen molar-refractivity contribution in [3.05, 3.63) is 0 Å². The molecule has 1 saturated heterocycles. The van der Waals surface area contributed by atoms with Crippen LogP contribution in [-0.4, -0.2) is 36.9 Å². The Morgan fingerprint density at radius 1 is 1.26 bits per heavy atom. The van der Waals surface area contributed by atoms with E-state index in [9.17, 15) is 14.9 Å². The normalized spacial score (nSPS) is 29.0. The molecule has 0 aromatic rings. The number of nitrogens with zero attached hydrogens (tertiary/aromatic N) is 2. The van der Waals surface area contributed by atoms with Crippen LogP contribution in [0.1, 0.15) is 39.0 Å². The van der Waals surface area contributed by atoms with Gasteiger partial charge in [-0.1, -0.05) is 12.8 Å². The van der Waals surface area contributed by atoms with Gasteiger partial charge in [0.1, 0.15) is 5.41 Å². The van der Waals surface area contributed by atoms with Crippen LogP contribution in [0, 0.1) is 22.2 Å². The Balaban J connectivity index is 2.11. The van der Waals surface area contributed by atoms with Crippen molar-refractivity contribution in [3.63, 3.8) is 0 Å². The van der Waals surface area contributed by atoms with Crippen LogP contribution in [0.2, 0.25) is 0 Å². The lowest BCUT2D eigenvalue weighted by molar-refractivity contribution is -0.138. The van der Waals surface area contributed by atoms with Gasteiger partial charge in [0.15, 0.2) is 0 Å². The summed E-state index contributed by atoms with van der Waals surface area (Å²) < 4.78 is 0. The van der Waals surface area contributed by atoms with Gasteiger partial charge in [-0.2, -0.15) is 5.26 Å². The first-order valence-electron chi connectivity index (χ1n) is 6.90. The second-order valence-electron chi connectivity index (χ2n) is 6.02. The Bertz CT molecular complexity index is 434. The van der Waals surface area contributed by atoms with Gasteiger partial charge >= 0.3 is 0 Å². The number of likely N-dealkylation sites (tertiary alicyclic amines) is 1. The van der Waals surface area contributed by atoms with Crippen molar-refractivity contribution in [2.45, 2.75) is 39.0 Å². The number of hydrogen-bond acceptors (Lipinski definition) is 3. The summed E-state index contributed by atoms with van der Waals surface area (Å²) in [7, 11) is 1.62. The summed E-state index contributed by atoms with van der Waals surface area (Å²) >= 11 is 0. The van der Waals surface area contributed by atoms with E-state index in [1.807, 2.05) is 6.92 Å². The zero-order chi connectivity index (χ0) is 14.1. The molecular weight excluding hydrogens is 242 g/mol. The van der Waals surface area contributed by atoms with Gasteiger partial charge in [0.2, 0.25) is 11.8 Å². The number of amides is 2. The Kier molecular flexibility index (Phi) is 3.53. The van der Waals surface area contributed by atoms with Crippen molar-refractivity contribution in [1.29, 1.82) is 5.26 Å². The smallest absolute Gasteiger partial charge is 0.243 e. The van der Waals surface area contributed by atoms with Crippen LogP contribution in [0.3, 0.4) is 0 Å². The topological polar surface area (TPSA) is 73.2 Å². The van der Waals surface area contributed by atoms with Crippen LogP contribution in [0.25, 0.3) is 0 Å². The number of nitrogens with one attached hydrogen (secondary N) is 1. The van der Waals surface area contributed by atoms with Crippen molar-refractivity contribution in [2.75, 3.05) is 20.1 Å². The predicted octanol–water partition coefficient (Wildman–Crippen LogP) is 1.05. The van der Waals surface area contributed by atoms with E-state index in [-0.39, 0.29) is 11.8 Å². The molecule has 19 heavy (non-hydrogen) atoms. The second kappa shape index (κ2) is 4.84. The highest BCUT2D eigenvalue weighted by atomic mass is 16.2. The minimum Gasteiger partial charge on any atom is -0.359 e. The molecule has 0 radical (unpaired) electrons. The van der Waals surface area contributed by atoms with Crippen LogP contribution < -0.4 is 5.32 Å². The van der Waals surface area contributed by atoms with E-state index in [0.29, 0.717) is 32.4 Å². The average Bonchev–Trinajstić information content (AvgIpc) is 3.05. The van der Waals surface area contributed by atoms with Crippen molar-refractivity contribution >= 4 is 11.8 Å². The first-order valence-corrected chi connectivity index (χ1v) is 6.90. The maximum Gasteiger partial charge on any atom is 0.243 e. The lowest BCUT2D eigenvalue weighted by Gasteiger charge is -2.28. The minimum absolute atomic E-state index is 0.0276. The first kappa shape index (κ1) is 13.9. The third kappa shape index (κ3) is 2.20. The number of hydrogen-bond donors (Lipinski definition) is 1. The zero-order valence-corrected chi connectivity index (χ0v) is 11.7. The number of nitriles is 1. The molecule has 0 bridgehead atoms. The highest BCUT2D eigenvalue weighted by Crippen LogP contribution is 2.41. The average molecular weight is 263 g/mol. The van der Waals surface area contributed by atoms with E-state index in [1.54, 1.807) is 11.9 Å². The molecule has 104 valence electrons. The fraction of sp³-hybridized carbons (Fsp3) is 0.786. The third-order valence-corrected chi connectivity index (χ3v) is 4.62. The van der Waals surface area contributed by atoms with E-state index in [4.69, 9.17) is 0 Å². The third-order valence-electron chi connectivity index (χ3n) is 4.62. The Labute approximate surface area is 113 Å². The van der Waals surface area contributed by atoms with E-state index >= 15 is 0 Å². The molecule has 1 N–H and O–H groups in total. The van der Waals surface area contributed by atoms with Crippen LogP contribution in [0.15, 0.2) is 0 Å². The van der Waals surface area contributed by atoms with Gasteiger partial charge in [0.05, 0.1) is 11.5 Å². The largest absolute Gasteiger partial charge is 0.359 e. The van der Waals surface area contributed by atoms with Gasteiger partial charge in [0.25, 0.3) is 0 Å². The zero-order valence-electron chi connectivity index (χ0n) is 11.7. The van der Waals surface area contributed by atoms with E-state index < -0.39 is 10.8 Å². The molecule has 2 aliphatic rings. The van der Waals surface area contributed by atoms with Crippen molar-refractivity contribution in [2.24, 2.45) is 10.8 Å². The molecule has 2 amide bonds. The van der Waals surface area contributed by atoms with Gasteiger partial charge in [-0.05, 0) is 26.2 Å². The Morgan fingerprint density at radius 3 is 2.42 bits per heavy atom. The summed E-state index contributed by atoms with van der Waals surface area (Å²) in [6, 6.07) is 2.23. The lowest BCUT2D eigenvalue weighted by Crippen LogP contribution is -2.44. The van der Waals surface area contributed by atoms with E-state index in [2.05, 4.69) is 11.4 Å². The van der Waals surface area contributed by atoms with Crippen LogP contribution >= 0.6 is 0 Å². The summed E-state index contributed by atoms with van der Waals surface area (Å²) in [5.41, 5.74) is -1.34. The van der Waals surface area contributed by atoms with Crippen LogP contribution in [0.4, 0.5) is 0 Å². The summed E-state index contributed by atoms with van der Waals surface area (Å²) in [5, 5.41) is 12.0. The van der Waals surface area contributed by atoms with Crippen molar-refractivity contribution in [1.82, 2.24) is 10.2 Å². The summed E-state index contributed by atoms with van der Waals surface area (Å²) in [4.78, 5) is 26.1. The maximum atomic E-state index is 12.6. The number of carbonyl (C=O) groups is 2. The second-order valence-corrected chi connectivity index (χ2v) is 6.02. The Hall–Kier alpha value is -1.57. The van der Waals surface area contributed by atoms with Gasteiger partial charge in [-0.25, -0.2) is 0 Å². The lowest BCUT2D eigenvalue weighted by atomic mass is 9.86. The van der Waals surface area contributed by atoms with Crippen molar-refractivity contribution in [3.8, 4) is 6.07 Å². The Morgan fingerprint density at radius 2 is 1.89 bits per heavy atom. The minimum atomic E-state index is -0.825. The summed E-state index contributed by atoms with van der Waals surface area (Å²) in [6.07, 6.45) is 3.88. The standard InChI is InChI=1S/C14H21N3O2/c1-13(11(18)16-2)7-8-17(10-13)12(19)14(9-15)5-3-4-6-14/h3-8,10H2,1-2H3,(H,16,18). The van der Waals surface area contributed by atoms with Gasteiger partial charge in [-0.15, -0.1) is 0 Å². The highest BCUT2D eigenvalue weighted by Gasteiger charge is 2.49. The molecule has 0 aromatic carbocycles. The molecule has 2 fully saturated rings. The van der Waals surface area contributed by atoms with Gasteiger partial charge in [0, 0.05) is 20.1 Å². The SMILES string of the molecule is CNC(=O)C1(C)CCN(C(=O)C2(C#N)CCCC2)C1. The first-order chi connectivity index (χ1) is 8.97. The molecule has 1 heterocycles. The molecule has 1 unspecified atom stereocenters. The molecule has 2 rings (SSSR count). The number of carbonyl (C=O) groups excluding carboxylic acids is 2. The van der Waals surface area contributed by atoms with Crippen LogP contribution in [-0.2, 0) is 9.59 Å². The predicted molar refractivity (Wildman–Crippen MR) is 69.9 cm³/mol. The van der Waals surface area contributed by atoms with E-state index in [0.717, 1.165) is 12.8 Å². The van der Waals surface area contributed by atoms with E-state index in [1.165, 1.54) is 0 Å². The number of rotatable bonds is 2. The molecule has 1 saturated carbocycles. The van der Waals surface area contributed by atoms with Gasteiger partial charge < -0.3 is 10.2 Å². The molecular formula is C14H21N3O2. The molecule has 1 atom stereocenters. The van der Waals surface area contributed by atoms with Crippen LogP contribution in [0.5, 0.6) is 0 Å². The monoisotopic (exact) mass is 263 g/mol. The quantitative estimate of drug-likeness (QED) is 0.809. The molecule has 0 aromatic heterocycles. The molecule has 0 spiro atoms.